The highest BCUT2D eigenvalue weighted by Gasteiger charge is 2.29. The normalized spacial score (nSPS) is 20.1. The van der Waals surface area contributed by atoms with Gasteiger partial charge in [0.25, 0.3) is 0 Å². The number of carbonyl (C=O) groups excluding carboxylic acids is 1. The molecule has 1 amide bonds. The summed E-state index contributed by atoms with van der Waals surface area (Å²) in [7, 11) is 2.08. The van der Waals surface area contributed by atoms with E-state index in [2.05, 4.69) is 37.5 Å². The van der Waals surface area contributed by atoms with E-state index in [-0.39, 0.29) is 6.04 Å². The summed E-state index contributed by atoms with van der Waals surface area (Å²) < 4.78 is 7.63. The number of H-pyrrole nitrogens is 1. The van der Waals surface area contributed by atoms with Crippen molar-refractivity contribution in [2.45, 2.75) is 6.04 Å². The van der Waals surface area contributed by atoms with Crippen molar-refractivity contribution in [3.8, 4) is 11.3 Å². The van der Waals surface area contributed by atoms with Gasteiger partial charge >= 0.3 is 0 Å². The summed E-state index contributed by atoms with van der Waals surface area (Å²) in [6.07, 6.45) is 6.84. The highest BCUT2D eigenvalue weighted by molar-refractivity contribution is 5.93. The average Bonchev–Trinajstić information content (AvgIpc) is 3.51. The Labute approximate surface area is 190 Å². The van der Waals surface area contributed by atoms with E-state index in [0.29, 0.717) is 19.8 Å². The molecule has 4 aromatic rings. The van der Waals surface area contributed by atoms with Gasteiger partial charge in [-0.15, -0.1) is 0 Å². The molecule has 170 valence electrons. The molecule has 3 aromatic heterocycles. The van der Waals surface area contributed by atoms with Crippen LogP contribution in [0.5, 0.6) is 0 Å². The first-order valence-electron chi connectivity index (χ1n) is 11.3. The second kappa shape index (κ2) is 8.13. The van der Waals surface area contributed by atoms with Crippen LogP contribution in [0, 0.1) is 0 Å². The molecule has 6 rings (SSSR count). The third-order valence-electron chi connectivity index (χ3n) is 6.61. The highest BCUT2D eigenvalue weighted by atomic mass is 16.5. The molecule has 2 saturated heterocycles. The Bertz CT molecular complexity index is 1310. The van der Waals surface area contributed by atoms with E-state index < -0.39 is 0 Å². The summed E-state index contributed by atoms with van der Waals surface area (Å²) in [5.74, 6) is 0.837. The smallest absolute Gasteiger partial charge is 0.210 e. The number of piperazine rings is 1. The minimum absolute atomic E-state index is 0.0838. The molecule has 5 heterocycles. The van der Waals surface area contributed by atoms with Gasteiger partial charge in [-0.25, -0.2) is 9.97 Å². The first kappa shape index (κ1) is 20.1. The third kappa shape index (κ3) is 3.51. The van der Waals surface area contributed by atoms with Crippen molar-refractivity contribution in [1.29, 1.82) is 0 Å². The molecule has 10 heteroatoms. The monoisotopic (exact) mass is 446 g/mol. The van der Waals surface area contributed by atoms with Gasteiger partial charge in [-0.2, -0.15) is 5.10 Å². The van der Waals surface area contributed by atoms with Crippen molar-refractivity contribution in [2.75, 3.05) is 57.9 Å². The number of benzene rings is 1. The third-order valence-corrected chi connectivity index (χ3v) is 6.61. The number of amides is 1. The van der Waals surface area contributed by atoms with Crippen LogP contribution in [0.15, 0.2) is 36.8 Å². The van der Waals surface area contributed by atoms with Gasteiger partial charge in [0.2, 0.25) is 6.41 Å². The number of carbonyl (C=O) groups is 1. The number of ether oxygens (including phenoxy) is 1. The molecule has 1 aromatic carbocycles. The summed E-state index contributed by atoms with van der Waals surface area (Å²) in [5.41, 5.74) is 4.52. The number of nitrogens with one attached hydrogen (secondary N) is 1. The number of fused-ring (bicyclic) bond motifs is 2. The first-order chi connectivity index (χ1) is 16.2. The molecule has 1 unspecified atom stereocenters. The summed E-state index contributed by atoms with van der Waals surface area (Å²) in [6, 6.07) is 6.00. The van der Waals surface area contributed by atoms with E-state index in [0.717, 1.165) is 71.9 Å². The summed E-state index contributed by atoms with van der Waals surface area (Å²) in [4.78, 5) is 28.2. The van der Waals surface area contributed by atoms with E-state index in [1.54, 1.807) is 0 Å². The van der Waals surface area contributed by atoms with Gasteiger partial charge in [-0.3, -0.25) is 9.89 Å². The Hall–Kier alpha value is -3.50. The molecule has 2 aliphatic rings. The molecular weight excluding hydrogens is 420 g/mol. The fourth-order valence-electron chi connectivity index (χ4n) is 4.79. The van der Waals surface area contributed by atoms with Crippen LogP contribution in [-0.4, -0.2) is 93.8 Å². The maximum Gasteiger partial charge on any atom is 0.210 e. The largest absolute Gasteiger partial charge is 0.378 e. The molecule has 33 heavy (non-hydrogen) atoms. The molecule has 0 saturated carbocycles. The zero-order valence-electron chi connectivity index (χ0n) is 18.5. The zero-order chi connectivity index (χ0) is 22.4. The Morgan fingerprint density at radius 2 is 2.00 bits per heavy atom. The van der Waals surface area contributed by atoms with Gasteiger partial charge < -0.3 is 23.8 Å². The van der Waals surface area contributed by atoms with E-state index in [1.165, 1.54) is 0 Å². The zero-order valence-corrected chi connectivity index (χ0v) is 18.5. The van der Waals surface area contributed by atoms with Crippen LogP contribution in [0.3, 0.4) is 0 Å². The molecule has 0 aliphatic carbocycles. The Kier molecular flexibility index (Phi) is 4.96. The maximum atomic E-state index is 11.7. The first-order valence-corrected chi connectivity index (χ1v) is 11.3. The number of anilines is 1. The number of imidazole rings is 1. The lowest BCUT2D eigenvalue weighted by molar-refractivity contribution is -0.122. The highest BCUT2D eigenvalue weighted by Crippen LogP contribution is 2.32. The van der Waals surface area contributed by atoms with E-state index in [9.17, 15) is 4.79 Å². The Balaban J connectivity index is 1.52. The molecule has 0 bridgehead atoms. The maximum absolute atomic E-state index is 11.7. The number of aromatic nitrogens is 5. The number of aromatic amines is 1. The molecule has 1 atom stereocenters. The Morgan fingerprint density at radius 3 is 2.85 bits per heavy atom. The van der Waals surface area contributed by atoms with Gasteiger partial charge in [0.1, 0.15) is 0 Å². The second-order valence-corrected chi connectivity index (χ2v) is 8.70. The van der Waals surface area contributed by atoms with Crippen molar-refractivity contribution in [1.82, 2.24) is 34.4 Å². The van der Waals surface area contributed by atoms with Crippen LogP contribution in [0.1, 0.15) is 11.7 Å². The minimum Gasteiger partial charge on any atom is -0.378 e. The number of nitrogens with zero attached hydrogens (tertiary/aromatic N) is 7. The standard InChI is InChI=1S/C23H26N8O2/c1-28-5-6-30(15-32)21(14-28)20-13-31-12-19(16-3-2-4-18-17(16)11-24-27-18)25-22(23(31)26-20)29-7-9-33-10-8-29/h2-4,11-13,15,21H,5-10,14H2,1H3,(H,24,27). The SMILES string of the molecule is CN1CCN(C=O)C(c2cn3cc(-c4cccc5[nH]ncc45)nc(N4CCOCC4)c3n2)C1. The summed E-state index contributed by atoms with van der Waals surface area (Å²) >= 11 is 0. The van der Waals surface area contributed by atoms with Gasteiger partial charge in [0.05, 0.1) is 42.4 Å². The average molecular weight is 447 g/mol. The van der Waals surface area contributed by atoms with Gasteiger partial charge in [-0.1, -0.05) is 12.1 Å². The predicted octanol–water partition coefficient (Wildman–Crippen LogP) is 1.55. The van der Waals surface area contributed by atoms with Crippen molar-refractivity contribution in [3.63, 3.8) is 0 Å². The molecular formula is C23H26N8O2. The number of likely N-dealkylation sites (N-methyl/N-ethyl adjacent to an activating group) is 1. The summed E-state index contributed by atoms with van der Waals surface area (Å²) in [6.45, 7) is 5.16. The van der Waals surface area contributed by atoms with Crippen molar-refractivity contribution < 1.29 is 9.53 Å². The number of morpholine rings is 1. The lowest BCUT2D eigenvalue weighted by atomic mass is 10.1. The van der Waals surface area contributed by atoms with Gasteiger partial charge in [-0.05, 0) is 13.1 Å². The molecule has 2 fully saturated rings. The van der Waals surface area contributed by atoms with Crippen LogP contribution in [0.4, 0.5) is 5.82 Å². The second-order valence-electron chi connectivity index (χ2n) is 8.70. The Morgan fingerprint density at radius 1 is 1.12 bits per heavy atom. The predicted molar refractivity (Wildman–Crippen MR) is 124 cm³/mol. The van der Waals surface area contributed by atoms with Crippen LogP contribution >= 0.6 is 0 Å². The van der Waals surface area contributed by atoms with Gasteiger partial charge in [0, 0.05) is 56.1 Å². The quantitative estimate of drug-likeness (QED) is 0.475. The topological polar surface area (TPSA) is 94.9 Å². The van der Waals surface area contributed by atoms with Crippen molar-refractivity contribution >= 4 is 28.8 Å². The number of hydrogen-bond donors (Lipinski definition) is 1. The van der Waals surface area contributed by atoms with Gasteiger partial charge in [0.15, 0.2) is 11.5 Å². The van der Waals surface area contributed by atoms with E-state index >= 15 is 0 Å². The molecule has 2 aliphatic heterocycles. The summed E-state index contributed by atoms with van der Waals surface area (Å²) in [5, 5.41) is 8.28. The van der Waals surface area contributed by atoms with Crippen molar-refractivity contribution in [3.05, 3.63) is 42.5 Å². The fraction of sp³-hybridized carbons (Fsp3) is 0.391. The molecule has 1 N–H and O–H groups in total. The van der Waals surface area contributed by atoms with Crippen LogP contribution in [0.25, 0.3) is 27.8 Å². The minimum atomic E-state index is -0.0838. The van der Waals surface area contributed by atoms with Crippen molar-refractivity contribution in [2.24, 2.45) is 0 Å². The lowest BCUT2D eigenvalue weighted by Crippen LogP contribution is -2.46. The van der Waals surface area contributed by atoms with E-state index in [1.807, 2.05) is 35.6 Å². The van der Waals surface area contributed by atoms with Crippen LogP contribution in [-0.2, 0) is 9.53 Å². The molecule has 0 spiro atoms. The lowest BCUT2D eigenvalue weighted by Gasteiger charge is -2.36. The van der Waals surface area contributed by atoms with Crippen LogP contribution in [0.2, 0.25) is 0 Å². The van der Waals surface area contributed by atoms with E-state index in [4.69, 9.17) is 14.7 Å². The molecule has 0 radical (unpaired) electrons. The molecule has 10 nitrogen and oxygen atoms in total. The number of rotatable bonds is 4. The number of hydrogen-bond acceptors (Lipinski definition) is 7. The fourth-order valence-corrected chi connectivity index (χ4v) is 4.79. The van der Waals surface area contributed by atoms with Crippen LogP contribution < -0.4 is 4.90 Å².